The third-order valence-corrected chi connectivity index (χ3v) is 3.84. The minimum atomic E-state index is 0.198. The van der Waals surface area contributed by atoms with Crippen molar-refractivity contribution in [2.45, 2.75) is 37.8 Å². The van der Waals surface area contributed by atoms with Crippen LogP contribution in [0.15, 0.2) is 35.5 Å². The number of aromatic amines is 1. The number of Topliss-reactive ketones (excluding diaryl/α,β-unsaturated/α-hetero) is 1. The minimum absolute atomic E-state index is 0.198. The molecule has 0 atom stereocenters. The smallest absolute Gasteiger partial charge is 0.208 e. The summed E-state index contributed by atoms with van der Waals surface area (Å²) in [6.07, 6.45) is 1.41. The van der Waals surface area contributed by atoms with Crippen molar-refractivity contribution in [3.63, 3.8) is 0 Å². The molecule has 0 amide bonds. The number of ketones is 1. The molecular formula is C15H19N3OS. The molecule has 0 saturated heterocycles. The van der Waals surface area contributed by atoms with E-state index in [1.807, 2.05) is 30.3 Å². The zero-order valence-corrected chi connectivity index (χ0v) is 12.6. The van der Waals surface area contributed by atoms with Crippen molar-refractivity contribution in [3.05, 3.63) is 41.7 Å². The maximum Gasteiger partial charge on any atom is 0.208 e. The number of rotatable bonds is 7. The highest BCUT2D eigenvalue weighted by molar-refractivity contribution is 7.99. The Bertz CT molecular complexity index is 551. The van der Waals surface area contributed by atoms with Crippen LogP contribution in [0, 0.1) is 0 Å². The number of hydrogen-bond acceptors (Lipinski definition) is 4. The van der Waals surface area contributed by atoms with E-state index in [1.165, 1.54) is 0 Å². The van der Waals surface area contributed by atoms with Crippen molar-refractivity contribution in [3.8, 4) is 0 Å². The maximum absolute atomic E-state index is 11.9. The van der Waals surface area contributed by atoms with E-state index >= 15 is 0 Å². The summed E-state index contributed by atoms with van der Waals surface area (Å²) >= 11 is 1.59. The van der Waals surface area contributed by atoms with Crippen molar-refractivity contribution in [2.75, 3.05) is 5.75 Å². The van der Waals surface area contributed by atoms with E-state index in [9.17, 15) is 4.79 Å². The number of H-pyrrole nitrogens is 1. The molecule has 0 unspecified atom stereocenters. The molecule has 2 rings (SSSR count). The third-order valence-electron chi connectivity index (χ3n) is 2.90. The van der Waals surface area contributed by atoms with Gasteiger partial charge in [0.2, 0.25) is 5.16 Å². The average molecular weight is 289 g/mol. The summed E-state index contributed by atoms with van der Waals surface area (Å²) in [7, 11) is 0. The predicted molar refractivity (Wildman–Crippen MR) is 81.2 cm³/mol. The van der Waals surface area contributed by atoms with E-state index in [-0.39, 0.29) is 5.78 Å². The number of carbonyl (C=O) groups excluding carboxylic acids is 1. The topological polar surface area (TPSA) is 58.6 Å². The lowest BCUT2D eigenvalue weighted by Crippen LogP contribution is -1.99. The Morgan fingerprint density at radius 1 is 1.30 bits per heavy atom. The van der Waals surface area contributed by atoms with Crippen molar-refractivity contribution in [2.24, 2.45) is 0 Å². The molecule has 1 heterocycles. The van der Waals surface area contributed by atoms with Crippen LogP contribution >= 0.6 is 11.8 Å². The Hall–Kier alpha value is -1.62. The van der Waals surface area contributed by atoms with Crippen LogP contribution in [0.4, 0.5) is 0 Å². The Balaban J connectivity index is 1.72. The first-order valence-corrected chi connectivity index (χ1v) is 7.78. The minimum Gasteiger partial charge on any atom is -0.294 e. The molecule has 0 radical (unpaired) electrons. The van der Waals surface area contributed by atoms with E-state index in [4.69, 9.17) is 0 Å². The monoisotopic (exact) mass is 289 g/mol. The summed E-state index contributed by atoms with van der Waals surface area (Å²) in [5.41, 5.74) is 0.789. The summed E-state index contributed by atoms with van der Waals surface area (Å²) in [4.78, 5) is 16.3. The van der Waals surface area contributed by atoms with E-state index in [0.717, 1.165) is 28.7 Å². The van der Waals surface area contributed by atoms with Gasteiger partial charge in [-0.05, 0) is 6.42 Å². The van der Waals surface area contributed by atoms with Crippen LogP contribution in [0.25, 0.3) is 0 Å². The van der Waals surface area contributed by atoms with Crippen LogP contribution in [-0.4, -0.2) is 26.7 Å². The maximum atomic E-state index is 11.9. The highest BCUT2D eigenvalue weighted by Crippen LogP contribution is 2.18. The molecular weight excluding hydrogens is 270 g/mol. The molecule has 0 bridgehead atoms. The largest absolute Gasteiger partial charge is 0.294 e. The van der Waals surface area contributed by atoms with Gasteiger partial charge < -0.3 is 0 Å². The second kappa shape index (κ2) is 7.24. The average Bonchev–Trinajstić information content (AvgIpc) is 2.93. The van der Waals surface area contributed by atoms with Gasteiger partial charge in [0.25, 0.3) is 0 Å². The van der Waals surface area contributed by atoms with Gasteiger partial charge in [0.15, 0.2) is 5.78 Å². The van der Waals surface area contributed by atoms with Crippen LogP contribution < -0.4 is 0 Å². The number of nitrogens with one attached hydrogen (secondary N) is 1. The lowest BCUT2D eigenvalue weighted by Gasteiger charge is -2.00. The van der Waals surface area contributed by atoms with Gasteiger partial charge in [-0.25, -0.2) is 4.98 Å². The second-order valence-corrected chi connectivity index (χ2v) is 5.96. The molecule has 20 heavy (non-hydrogen) atoms. The normalized spacial score (nSPS) is 10.9. The van der Waals surface area contributed by atoms with Crippen molar-refractivity contribution < 1.29 is 4.79 Å². The predicted octanol–water partition coefficient (Wildman–Crippen LogP) is 3.68. The fraction of sp³-hybridized carbons (Fsp3) is 0.400. The first kappa shape index (κ1) is 14.8. The van der Waals surface area contributed by atoms with Crippen LogP contribution in [0.3, 0.4) is 0 Å². The van der Waals surface area contributed by atoms with Gasteiger partial charge in [0.05, 0.1) is 0 Å². The highest BCUT2D eigenvalue weighted by atomic mass is 32.2. The molecule has 1 aromatic carbocycles. The van der Waals surface area contributed by atoms with Crippen LogP contribution in [0.2, 0.25) is 0 Å². The molecule has 1 N–H and O–H groups in total. The SMILES string of the molecule is CC(C)c1nc(SCCCC(=O)c2ccccc2)n[nH]1. The molecule has 0 saturated carbocycles. The summed E-state index contributed by atoms with van der Waals surface area (Å²) in [5.74, 6) is 2.32. The Morgan fingerprint density at radius 3 is 2.70 bits per heavy atom. The molecule has 4 nitrogen and oxygen atoms in total. The summed E-state index contributed by atoms with van der Waals surface area (Å²) in [5, 5.41) is 7.85. The molecule has 0 aliphatic carbocycles. The number of hydrogen-bond donors (Lipinski definition) is 1. The van der Waals surface area contributed by atoms with E-state index in [2.05, 4.69) is 29.0 Å². The highest BCUT2D eigenvalue weighted by Gasteiger charge is 2.08. The molecule has 1 aromatic heterocycles. The van der Waals surface area contributed by atoms with Crippen LogP contribution in [0.5, 0.6) is 0 Å². The molecule has 0 aliphatic rings. The molecule has 0 fully saturated rings. The van der Waals surface area contributed by atoms with Gasteiger partial charge in [0, 0.05) is 23.7 Å². The first-order chi connectivity index (χ1) is 9.66. The quantitative estimate of drug-likeness (QED) is 0.480. The fourth-order valence-corrected chi connectivity index (χ4v) is 2.49. The molecule has 2 aromatic rings. The lowest BCUT2D eigenvalue weighted by molar-refractivity contribution is 0.0982. The van der Waals surface area contributed by atoms with Gasteiger partial charge in [0.1, 0.15) is 5.82 Å². The molecule has 106 valence electrons. The number of nitrogens with zero attached hydrogens (tertiary/aromatic N) is 2. The number of benzene rings is 1. The molecule has 5 heteroatoms. The lowest BCUT2D eigenvalue weighted by atomic mass is 10.1. The van der Waals surface area contributed by atoms with Crippen LogP contribution in [-0.2, 0) is 0 Å². The second-order valence-electron chi connectivity index (χ2n) is 4.90. The van der Waals surface area contributed by atoms with Gasteiger partial charge >= 0.3 is 0 Å². The van der Waals surface area contributed by atoms with E-state index in [0.29, 0.717) is 12.3 Å². The number of thioether (sulfide) groups is 1. The first-order valence-electron chi connectivity index (χ1n) is 6.80. The zero-order chi connectivity index (χ0) is 14.4. The summed E-state index contributed by atoms with van der Waals surface area (Å²) in [6.45, 7) is 4.15. The van der Waals surface area contributed by atoms with Crippen LogP contribution in [0.1, 0.15) is 48.8 Å². The zero-order valence-electron chi connectivity index (χ0n) is 11.8. The van der Waals surface area contributed by atoms with Crippen molar-refractivity contribution >= 4 is 17.5 Å². The van der Waals surface area contributed by atoms with Crippen molar-refractivity contribution in [1.29, 1.82) is 0 Å². The fourth-order valence-electron chi connectivity index (χ4n) is 1.75. The standard InChI is InChI=1S/C15H19N3OS/c1-11(2)14-16-15(18-17-14)20-10-6-9-13(19)12-7-4-3-5-8-12/h3-5,7-8,11H,6,9-10H2,1-2H3,(H,16,17,18). The van der Waals surface area contributed by atoms with Crippen molar-refractivity contribution in [1.82, 2.24) is 15.2 Å². The van der Waals surface area contributed by atoms with Gasteiger partial charge in [-0.1, -0.05) is 55.9 Å². The third kappa shape index (κ3) is 4.20. The van der Waals surface area contributed by atoms with Gasteiger partial charge in [-0.2, -0.15) is 0 Å². The Kier molecular flexibility index (Phi) is 5.35. The Morgan fingerprint density at radius 2 is 2.05 bits per heavy atom. The van der Waals surface area contributed by atoms with E-state index < -0.39 is 0 Å². The summed E-state index contributed by atoms with van der Waals surface area (Å²) < 4.78 is 0. The Labute approximate surface area is 123 Å². The van der Waals surface area contributed by atoms with Gasteiger partial charge in [-0.15, -0.1) is 5.10 Å². The number of aromatic nitrogens is 3. The van der Waals surface area contributed by atoms with E-state index in [1.54, 1.807) is 11.8 Å². The summed E-state index contributed by atoms with van der Waals surface area (Å²) in [6, 6.07) is 9.42. The molecule has 0 aliphatic heterocycles. The van der Waals surface area contributed by atoms with Gasteiger partial charge in [-0.3, -0.25) is 9.89 Å². The number of carbonyl (C=O) groups is 1. The molecule has 0 spiro atoms.